The van der Waals surface area contributed by atoms with E-state index in [1.165, 1.54) is 35.6 Å². The molecule has 0 unspecified atom stereocenters. The lowest BCUT2D eigenvalue weighted by Crippen LogP contribution is -1.90. The Hall–Kier alpha value is -3.13. The molecule has 1 heterocycles. The normalized spacial score (nSPS) is 10.9. The van der Waals surface area contributed by atoms with Crippen LogP contribution >= 0.6 is 11.3 Å². The zero-order chi connectivity index (χ0) is 16.9. The molecule has 3 rings (SSSR count). The van der Waals surface area contributed by atoms with Crippen molar-refractivity contribution < 1.29 is 9.31 Å². The van der Waals surface area contributed by atoms with Gasteiger partial charge in [-0.05, 0) is 29.8 Å². The third kappa shape index (κ3) is 3.79. The minimum absolute atomic E-state index is 0.0382. The molecule has 120 valence electrons. The number of halogens is 1. The zero-order valence-corrected chi connectivity index (χ0v) is 13.0. The van der Waals surface area contributed by atoms with E-state index in [9.17, 15) is 14.5 Å². The lowest BCUT2D eigenvalue weighted by molar-refractivity contribution is -0.384. The molecule has 3 aromatic rings. The summed E-state index contributed by atoms with van der Waals surface area (Å²) in [7, 11) is 0. The number of nitrogens with zero attached hydrogens (tertiary/aromatic N) is 3. The number of anilines is 1. The molecule has 0 fully saturated rings. The lowest BCUT2D eigenvalue weighted by Gasteiger charge is -1.96. The molecule has 6 nitrogen and oxygen atoms in total. The van der Waals surface area contributed by atoms with Crippen molar-refractivity contribution >= 4 is 28.4 Å². The maximum Gasteiger partial charge on any atom is 0.269 e. The molecule has 24 heavy (non-hydrogen) atoms. The third-order valence-corrected chi connectivity index (χ3v) is 3.87. The first-order valence-corrected chi connectivity index (χ1v) is 7.75. The molecule has 0 aliphatic carbocycles. The molecule has 0 atom stereocenters. The largest absolute Gasteiger partial charge is 0.269 e. The van der Waals surface area contributed by atoms with Crippen LogP contribution in [0.5, 0.6) is 0 Å². The molecule has 0 saturated heterocycles. The molecule has 1 N–H and O–H groups in total. The van der Waals surface area contributed by atoms with Gasteiger partial charge in [0.25, 0.3) is 5.69 Å². The van der Waals surface area contributed by atoms with Gasteiger partial charge in [0, 0.05) is 23.1 Å². The van der Waals surface area contributed by atoms with E-state index in [0.717, 1.165) is 11.1 Å². The smallest absolute Gasteiger partial charge is 0.258 e. The van der Waals surface area contributed by atoms with Crippen LogP contribution in [0.15, 0.2) is 59.0 Å². The Kier molecular flexibility index (Phi) is 4.57. The molecule has 1 aromatic heterocycles. The summed E-state index contributed by atoms with van der Waals surface area (Å²) in [5, 5.41) is 17.1. The topological polar surface area (TPSA) is 80.4 Å². The van der Waals surface area contributed by atoms with E-state index in [4.69, 9.17) is 0 Å². The van der Waals surface area contributed by atoms with E-state index in [2.05, 4.69) is 15.5 Å². The predicted octanol–water partition coefficient (Wildman–Crippen LogP) is 4.30. The number of thiazole rings is 1. The summed E-state index contributed by atoms with van der Waals surface area (Å²) < 4.78 is 12.8. The van der Waals surface area contributed by atoms with Crippen LogP contribution in [-0.4, -0.2) is 16.1 Å². The van der Waals surface area contributed by atoms with Crippen molar-refractivity contribution in [1.82, 2.24) is 4.98 Å². The second kappa shape index (κ2) is 6.97. The number of nitro groups is 1. The van der Waals surface area contributed by atoms with Gasteiger partial charge in [-0.25, -0.2) is 9.37 Å². The third-order valence-electron chi connectivity index (χ3n) is 3.12. The number of nitro benzene ring substituents is 1. The van der Waals surface area contributed by atoms with E-state index in [0.29, 0.717) is 10.8 Å². The fourth-order valence-electron chi connectivity index (χ4n) is 1.92. The molecule has 2 aromatic carbocycles. The van der Waals surface area contributed by atoms with Crippen LogP contribution in [0.2, 0.25) is 0 Å². The second-order valence-corrected chi connectivity index (χ2v) is 5.62. The second-order valence-electron chi connectivity index (χ2n) is 4.76. The van der Waals surface area contributed by atoms with Crippen LogP contribution in [0.1, 0.15) is 5.56 Å². The Morgan fingerprint density at radius 3 is 2.54 bits per heavy atom. The van der Waals surface area contributed by atoms with Gasteiger partial charge in [0.2, 0.25) is 5.13 Å². The lowest BCUT2D eigenvalue weighted by atomic mass is 10.1. The molecule has 0 aliphatic rings. The van der Waals surface area contributed by atoms with Crippen LogP contribution < -0.4 is 5.43 Å². The number of hydrogen-bond donors (Lipinski definition) is 1. The average Bonchev–Trinajstić information content (AvgIpc) is 3.06. The molecule has 0 aliphatic heterocycles. The van der Waals surface area contributed by atoms with Crippen LogP contribution in [0, 0.1) is 15.9 Å². The van der Waals surface area contributed by atoms with Crippen molar-refractivity contribution in [2.24, 2.45) is 5.10 Å². The number of nitrogens with one attached hydrogen (secondary N) is 1. The molecular weight excluding hydrogens is 331 g/mol. The van der Waals surface area contributed by atoms with Gasteiger partial charge in [-0.15, -0.1) is 11.3 Å². The first-order chi connectivity index (χ1) is 11.6. The van der Waals surface area contributed by atoms with Gasteiger partial charge >= 0.3 is 0 Å². The SMILES string of the molecule is O=[N+]([O-])c1ccc(-c2csc(N/N=C\c3ccc(F)cc3)n2)cc1. The van der Waals surface area contributed by atoms with E-state index in [1.54, 1.807) is 30.5 Å². The molecule has 8 heteroatoms. The summed E-state index contributed by atoms with van der Waals surface area (Å²) in [6.45, 7) is 0. The highest BCUT2D eigenvalue weighted by molar-refractivity contribution is 7.14. The van der Waals surface area contributed by atoms with Crippen molar-refractivity contribution in [3.63, 3.8) is 0 Å². The fourth-order valence-corrected chi connectivity index (χ4v) is 2.59. The quantitative estimate of drug-likeness (QED) is 0.426. The monoisotopic (exact) mass is 342 g/mol. The van der Waals surface area contributed by atoms with Crippen molar-refractivity contribution in [1.29, 1.82) is 0 Å². The fraction of sp³-hybridized carbons (Fsp3) is 0. The summed E-state index contributed by atoms with van der Waals surface area (Å²) in [5.74, 6) is -0.298. The highest BCUT2D eigenvalue weighted by atomic mass is 32.1. The highest BCUT2D eigenvalue weighted by Gasteiger charge is 2.07. The first kappa shape index (κ1) is 15.8. The number of hydrogen-bond acceptors (Lipinski definition) is 6. The molecule has 0 bridgehead atoms. The molecule has 0 amide bonds. The molecule has 0 spiro atoms. The van der Waals surface area contributed by atoms with Crippen molar-refractivity contribution in [2.45, 2.75) is 0 Å². The number of aromatic nitrogens is 1. The summed E-state index contributed by atoms with van der Waals surface area (Å²) in [5.41, 5.74) is 5.09. The summed E-state index contributed by atoms with van der Waals surface area (Å²) in [4.78, 5) is 14.6. The Labute approximate surface area is 140 Å². The zero-order valence-electron chi connectivity index (χ0n) is 12.2. The van der Waals surface area contributed by atoms with Crippen molar-refractivity contribution in [2.75, 3.05) is 5.43 Å². The minimum Gasteiger partial charge on any atom is -0.258 e. The van der Waals surface area contributed by atoms with Crippen molar-refractivity contribution in [3.05, 3.63) is 75.4 Å². The van der Waals surface area contributed by atoms with Crippen LogP contribution in [0.25, 0.3) is 11.3 Å². The van der Waals surface area contributed by atoms with Gasteiger partial charge in [-0.3, -0.25) is 15.5 Å². The summed E-state index contributed by atoms with van der Waals surface area (Å²) >= 11 is 1.36. The van der Waals surface area contributed by atoms with Gasteiger partial charge in [0.1, 0.15) is 5.82 Å². The standard InChI is InChI=1S/C16H11FN4O2S/c17-13-5-1-11(2-6-13)9-18-20-16-19-15(10-24-16)12-3-7-14(8-4-12)21(22)23/h1-10H,(H,19,20)/b18-9-. The van der Waals surface area contributed by atoms with Gasteiger partial charge in [0.05, 0.1) is 16.8 Å². The number of hydrazone groups is 1. The number of rotatable bonds is 5. The molecular formula is C16H11FN4O2S. The van der Waals surface area contributed by atoms with Gasteiger partial charge in [-0.1, -0.05) is 12.1 Å². The highest BCUT2D eigenvalue weighted by Crippen LogP contribution is 2.26. The van der Waals surface area contributed by atoms with Gasteiger partial charge in [0.15, 0.2) is 0 Å². The van der Waals surface area contributed by atoms with Crippen LogP contribution in [0.4, 0.5) is 15.2 Å². The number of non-ortho nitro benzene ring substituents is 1. The van der Waals surface area contributed by atoms with E-state index in [1.807, 2.05) is 5.38 Å². The van der Waals surface area contributed by atoms with E-state index < -0.39 is 4.92 Å². The summed E-state index contributed by atoms with van der Waals surface area (Å²) in [6.07, 6.45) is 1.56. The average molecular weight is 342 g/mol. The Morgan fingerprint density at radius 1 is 1.17 bits per heavy atom. The Morgan fingerprint density at radius 2 is 1.88 bits per heavy atom. The van der Waals surface area contributed by atoms with Gasteiger partial charge in [-0.2, -0.15) is 5.10 Å². The predicted molar refractivity (Wildman–Crippen MR) is 91.8 cm³/mol. The van der Waals surface area contributed by atoms with Crippen LogP contribution in [-0.2, 0) is 0 Å². The maximum atomic E-state index is 12.8. The van der Waals surface area contributed by atoms with Gasteiger partial charge < -0.3 is 0 Å². The first-order valence-electron chi connectivity index (χ1n) is 6.87. The molecule has 0 radical (unpaired) electrons. The minimum atomic E-state index is -0.442. The maximum absolute atomic E-state index is 12.8. The number of benzene rings is 2. The summed E-state index contributed by atoms with van der Waals surface area (Å²) in [6, 6.07) is 12.1. The van der Waals surface area contributed by atoms with E-state index in [-0.39, 0.29) is 11.5 Å². The molecule has 0 saturated carbocycles. The Bertz CT molecular complexity index is 876. The van der Waals surface area contributed by atoms with E-state index >= 15 is 0 Å². The van der Waals surface area contributed by atoms with Crippen LogP contribution in [0.3, 0.4) is 0 Å². The van der Waals surface area contributed by atoms with Crippen molar-refractivity contribution in [3.8, 4) is 11.3 Å². The Balaban J connectivity index is 1.67.